The Morgan fingerprint density at radius 1 is 1.32 bits per heavy atom. The highest BCUT2D eigenvalue weighted by Gasteiger charge is 2.34. The number of amides is 1. The molecule has 3 rings (SSSR count). The third-order valence-corrected chi connectivity index (χ3v) is 4.84. The molecule has 25 heavy (non-hydrogen) atoms. The summed E-state index contributed by atoms with van der Waals surface area (Å²) in [5.41, 5.74) is 1.29. The Morgan fingerprint density at radius 3 is 2.84 bits per heavy atom. The molecule has 6 heteroatoms. The summed E-state index contributed by atoms with van der Waals surface area (Å²) < 4.78 is 5.63. The second-order valence-electron chi connectivity index (χ2n) is 7.12. The summed E-state index contributed by atoms with van der Waals surface area (Å²) in [4.78, 5) is 27.4. The van der Waals surface area contributed by atoms with Gasteiger partial charge in [0.05, 0.1) is 17.3 Å². The summed E-state index contributed by atoms with van der Waals surface area (Å²) >= 11 is 0. The molecule has 1 N–H and O–H groups in total. The lowest BCUT2D eigenvalue weighted by molar-refractivity contribution is -0.146. The molecule has 0 bridgehead atoms. The van der Waals surface area contributed by atoms with Crippen LogP contribution in [0.3, 0.4) is 0 Å². The summed E-state index contributed by atoms with van der Waals surface area (Å²) in [6, 6.07) is 5.40. The van der Waals surface area contributed by atoms with Crippen molar-refractivity contribution in [1.82, 2.24) is 15.1 Å². The van der Waals surface area contributed by atoms with E-state index in [9.17, 15) is 9.59 Å². The summed E-state index contributed by atoms with van der Waals surface area (Å²) in [5.74, 6) is -0.636. The zero-order valence-corrected chi connectivity index (χ0v) is 15.0. The van der Waals surface area contributed by atoms with Gasteiger partial charge in [-0.05, 0) is 50.3 Å². The van der Waals surface area contributed by atoms with Crippen molar-refractivity contribution in [3.8, 4) is 0 Å². The summed E-state index contributed by atoms with van der Waals surface area (Å²) in [6.45, 7) is 6.61. The van der Waals surface area contributed by atoms with Gasteiger partial charge in [0, 0.05) is 18.0 Å². The number of hydrogen-bond acceptors (Lipinski definition) is 4. The Kier molecular flexibility index (Phi) is 5.06. The number of carbonyl (C=O) groups excluding carboxylic acids is 2. The molecule has 0 unspecified atom stereocenters. The van der Waals surface area contributed by atoms with Gasteiger partial charge in [-0.25, -0.2) is 4.79 Å². The van der Waals surface area contributed by atoms with E-state index in [2.05, 4.69) is 17.1 Å². The number of esters is 1. The van der Waals surface area contributed by atoms with Gasteiger partial charge in [0.1, 0.15) is 0 Å². The lowest BCUT2D eigenvalue weighted by Gasteiger charge is -2.36. The van der Waals surface area contributed by atoms with Crippen LogP contribution < -0.4 is 0 Å². The number of aromatic nitrogens is 2. The first kappa shape index (κ1) is 17.5. The second-order valence-corrected chi connectivity index (χ2v) is 7.12. The van der Waals surface area contributed by atoms with E-state index in [1.54, 1.807) is 24.4 Å². The van der Waals surface area contributed by atoms with Crippen molar-refractivity contribution in [3.05, 3.63) is 30.0 Å². The van der Waals surface area contributed by atoms with Gasteiger partial charge in [-0.1, -0.05) is 13.8 Å². The fourth-order valence-electron chi connectivity index (χ4n) is 3.31. The molecule has 0 spiro atoms. The number of H-pyrrole nitrogens is 1. The molecule has 2 atom stereocenters. The normalized spacial score (nSPS) is 19.2. The molecule has 0 saturated carbocycles. The predicted molar refractivity (Wildman–Crippen MR) is 95.2 cm³/mol. The summed E-state index contributed by atoms with van der Waals surface area (Å²) in [6.07, 6.45) is 4.05. The van der Waals surface area contributed by atoms with Gasteiger partial charge in [0.25, 0.3) is 5.91 Å². The quantitative estimate of drug-likeness (QED) is 0.865. The topological polar surface area (TPSA) is 75.3 Å². The number of rotatable bonds is 4. The first-order valence-corrected chi connectivity index (χ1v) is 8.92. The van der Waals surface area contributed by atoms with Gasteiger partial charge in [-0.2, -0.15) is 5.10 Å². The Morgan fingerprint density at radius 2 is 2.12 bits per heavy atom. The van der Waals surface area contributed by atoms with Crippen LogP contribution in [-0.4, -0.2) is 45.7 Å². The van der Waals surface area contributed by atoms with Crippen LogP contribution in [0.15, 0.2) is 24.4 Å². The maximum atomic E-state index is 12.9. The molecule has 6 nitrogen and oxygen atoms in total. The van der Waals surface area contributed by atoms with Crippen molar-refractivity contribution >= 4 is 22.8 Å². The van der Waals surface area contributed by atoms with Gasteiger partial charge >= 0.3 is 5.97 Å². The van der Waals surface area contributed by atoms with Crippen molar-refractivity contribution in [1.29, 1.82) is 0 Å². The summed E-state index contributed by atoms with van der Waals surface area (Å²) in [5, 5.41) is 7.64. The third kappa shape index (κ3) is 3.67. The molecule has 1 aromatic carbocycles. The molecular formula is C19H25N3O3. The van der Waals surface area contributed by atoms with Crippen molar-refractivity contribution in [3.63, 3.8) is 0 Å². The molecule has 0 radical (unpaired) electrons. The van der Waals surface area contributed by atoms with Gasteiger partial charge in [-0.3, -0.25) is 9.89 Å². The van der Waals surface area contributed by atoms with E-state index in [1.165, 1.54) is 0 Å². The van der Waals surface area contributed by atoms with Crippen molar-refractivity contribution < 1.29 is 14.3 Å². The number of fused-ring (bicyclic) bond motifs is 1. The smallest absolute Gasteiger partial charge is 0.338 e. The average Bonchev–Trinajstić information content (AvgIpc) is 3.06. The van der Waals surface area contributed by atoms with Crippen LogP contribution in [0.1, 0.15) is 50.4 Å². The predicted octanol–water partition coefficient (Wildman–Crippen LogP) is 3.15. The van der Waals surface area contributed by atoms with Crippen molar-refractivity contribution in [2.24, 2.45) is 5.92 Å². The lowest BCUT2D eigenvalue weighted by atomic mass is 9.99. The molecule has 1 aromatic heterocycles. The summed E-state index contributed by atoms with van der Waals surface area (Å²) in [7, 11) is 0. The van der Waals surface area contributed by atoms with Crippen LogP contribution in [0, 0.1) is 5.92 Å². The van der Waals surface area contributed by atoms with E-state index in [-0.39, 0.29) is 17.9 Å². The third-order valence-electron chi connectivity index (χ3n) is 4.84. The largest absolute Gasteiger partial charge is 0.448 e. The first-order chi connectivity index (χ1) is 12.0. The number of nitrogens with zero attached hydrogens (tertiary/aromatic N) is 2. The molecule has 1 saturated heterocycles. The number of aromatic amines is 1. The van der Waals surface area contributed by atoms with Crippen LogP contribution in [-0.2, 0) is 9.53 Å². The number of piperidine rings is 1. The number of hydrogen-bond donors (Lipinski definition) is 1. The van der Waals surface area contributed by atoms with E-state index in [0.717, 1.165) is 36.7 Å². The molecule has 134 valence electrons. The van der Waals surface area contributed by atoms with Crippen LogP contribution in [0.5, 0.6) is 0 Å². The molecule has 2 heterocycles. The Labute approximate surface area is 147 Å². The van der Waals surface area contributed by atoms with Crippen LogP contribution >= 0.6 is 0 Å². The minimum absolute atomic E-state index is 0.0803. The molecular weight excluding hydrogens is 318 g/mol. The molecule has 1 aliphatic rings. The van der Waals surface area contributed by atoms with Gasteiger partial charge < -0.3 is 9.64 Å². The van der Waals surface area contributed by atoms with E-state index in [4.69, 9.17) is 4.74 Å². The molecule has 2 aromatic rings. The molecule has 1 fully saturated rings. The number of likely N-dealkylation sites (tertiary alicyclic amines) is 1. The maximum Gasteiger partial charge on any atom is 0.338 e. The second kappa shape index (κ2) is 7.25. The SMILES string of the molecule is CC(C)[C@@H](OC(=O)c1ccc2[nH]ncc2c1)C(=O)N1CCCC[C@H]1C. The Bertz CT molecular complexity index is 768. The fourth-order valence-corrected chi connectivity index (χ4v) is 3.31. The number of nitrogens with one attached hydrogen (secondary N) is 1. The Balaban J connectivity index is 1.76. The van der Waals surface area contributed by atoms with Gasteiger partial charge in [0.2, 0.25) is 0 Å². The van der Waals surface area contributed by atoms with E-state index in [1.807, 2.05) is 18.7 Å². The lowest BCUT2D eigenvalue weighted by Crippen LogP contribution is -2.49. The van der Waals surface area contributed by atoms with E-state index < -0.39 is 12.1 Å². The Hall–Kier alpha value is -2.37. The average molecular weight is 343 g/mol. The highest BCUT2D eigenvalue weighted by Crippen LogP contribution is 2.22. The minimum Gasteiger partial charge on any atom is -0.448 e. The highest BCUT2D eigenvalue weighted by atomic mass is 16.5. The first-order valence-electron chi connectivity index (χ1n) is 8.92. The van der Waals surface area contributed by atoms with E-state index >= 15 is 0 Å². The number of carbonyl (C=O) groups is 2. The fraction of sp³-hybridized carbons (Fsp3) is 0.526. The van der Waals surface area contributed by atoms with Crippen molar-refractivity contribution in [2.45, 2.75) is 52.2 Å². The maximum absolute atomic E-state index is 12.9. The molecule has 0 aliphatic carbocycles. The van der Waals surface area contributed by atoms with Gasteiger partial charge in [0.15, 0.2) is 6.10 Å². The highest BCUT2D eigenvalue weighted by molar-refractivity contribution is 5.96. The number of ether oxygens (including phenoxy) is 1. The zero-order chi connectivity index (χ0) is 18.0. The molecule has 1 amide bonds. The standard InChI is InChI=1S/C19H25N3O3/c1-12(2)17(18(23)22-9-5-4-6-13(22)3)25-19(24)14-7-8-16-15(10-14)11-20-21-16/h7-8,10-13,17H,4-6,9H2,1-3H3,(H,20,21)/t13-,17-/m1/s1. The van der Waals surface area contributed by atoms with Crippen LogP contribution in [0.2, 0.25) is 0 Å². The zero-order valence-electron chi connectivity index (χ0n) is 15.0. The number of benzene rings is 1. The van der Waals surface area contributed by atoms with Crippen LogP contribution in [0.4, 0.5) is 0 Å². The minimum atomic E-state index is -0.756. The van der Waals surface area contributed by atoms with E-state index in [0.29, 0.717) is 5.56 Å². The van der Waals surface area contributed by atoms with Gasteiger partial charge in [-0.15, -0.1) is 0 Å². The van der Waals surface area contributed by atoms with Crippen LogP contribution in [0.25, 0.3) is 10.9 Å². The monoisotopic (exact) mass is 343 g/mol. The molecule has 1 aliphatic heterocycles. The van der Waals surface area contributed by atoms with Crippen molar-refractivity contribution in [2.75, 3.05) is 6.54 Å².